The molecule has 0 unspecified atom stereocenters. The van der Waals surface area contributed by atoms with E-state index >= 15 is 0 Å². The topological polar surface area (TPSA) is 47.0 Å². The number of nitrogens with zero attached hydrogens (tertiary/aromatic N) is 2. The molecule has 6 heteroatoms. The van der Waals surface area contributed by atoms with Gasteiger partial charge in [-0.3, -0.25) is 0 Å². The van der Waals surface area contributed by atoms with E-state index < -0.39 is 0 Å². The van der Waals surface area contributed by atoms with Crippen molar-refractivity contribution in [1.29, 1.82) is 0 Å². The standard InChI is InChI=1S/C13H13Br2N3O/c1-7-4-9(5-8(2)10(7)14)19-13-11(15)12(16-3)17-6-18-13/h4-6H,1-3H3,(H,16,17,18). The van der Waals surface area contributed by atoms with Gasteiger partial charge in [0.15, 0.2) is 0 Å². The third kappa shape index (κ3) is 3.06. The average molecular weight is 387 g/mol. The molecule has 0 saturated heterocycles. The molecule has 0 aliphatic heterocycles. The highest BCUT2D eigenvalue weighted by atomic mass is 79.9. The first-order valence-corrected chi connectivity index (χ1v) is 7.24. The zero-order valence-corrected chi connectivity index (χ0v) is 14.0. The fraction of sp³-hybridized carbons (Fsp3) is 0.231. The lowest BCUT2D eigenvalue weighted by Gasteiger charge is -2.11. The zero-order valence-electron chi connectivity index (χ0n) is 10.8. The second kappa shape index (κ2) is 5.88. The minimum atomic E-state index is 0.487. The van der Waals surface area contributed by atoms with Gasteiger partial charge in [-0.25, -0.2) is 9.97 Å². The van der Waals surface area contributed by atoms with Crippen molar-refractivity contribution in [3.8, 4) is 11.6 Å². The molecule has 0 aliphatic carbocycles. The lowest BCUT2D eigenvalue weighted by Crippen LogP contribution is -1.98. The van der Waals surface area contributed by atoms with E-state index in [1.54, 1.807) is 7.05 Å². The van der Waals surface area contributed by atoms with Crippen molar-refractivity contribution in [2.75, 3.05) is 12.4 Å². The minimum Gasteiger partial charge on any atom is -0.438 e. The van der Waals surface area contributed by atoms with Crippen molar-refractivity contribution in [3.63, 3.8) is 0 Å². The Hall–Kier alpha value is -1.14. The normalized spacial score (nSPS) is 10.4. The summed E-state index contributed by atoms with van der Waals surface area (Å²) in [4.78, 5) is 8.22. The molecule has 0 spiro atoms. The van der Waals surface area contributed by atoms with Crippen LogP contribution in [0.1, 0.15) is 11.1 Å². The Bertz CT molecular complexity index is 594. The van der Waals surface area contributed by atoms with Crippen LogP contribution in [0, 0.1) is 13.8 Å². The van der Waals surface area contributed by atoms with Crippen molar-refractivity contribution in [3.05, 3.63) is 38.5 Å². The molecule has 0 fully saturated rings. The summed E-state index contributed by atoms with van der Waals surface area (Å²) in [6.45, 7) is 4.05. The highest BCUT2D eigenvalue weighted by molar-refractivity contribution is 9.11. The predicted molar refractivity (Wildman–Crippen MR) is 83.0 cm³/mol. The largest absolute Gasteiger partial charge is 0.438 e. The van der Waals surface area contributed by atoms with Crippen LogP contribution in [0.5, 0.6) is 11.6 Å². The summed E-state index contributed by atoms with van der Waals surface area (Å²) < 4.78 is 7.61. The number of hydrogen-bond donors (Lipinski definition) is 1. The Labute approximate surface area is 128 Å². The maximum Gasteiger partial charge on any atom is 0.238 e. The Balaban J connectivity index is 2.36. The SMILES string of the molecule is CNc1ncnc(Oc2cc(C)c(Br)c(C)c2)c1Br. The molecule has 0 atom stereocenters. The van der Waals surface area contributed by atoms with Crippen LogP contribution in [-0.2, 0) is 0 Å². The van der Waals surface area contributed by atoms with Crippen molar-refractivity contribution in [2.24, 2.45) is 0 Å². The van der Waals surface area contributed by atoms with E-state index in [9.17, 15) is 0 Å². The summed E-state index contributed by atoms with van der Waals surface area (Å²) in [6, 6.07) is 3.93. The summed E-state index contributed by atoms with van der Waals surface area (Å²) >= 11 is 6.96. The quantitative estimate of drug-likeness (QED) is 0.846. The number of anilines is 1. The molecule has 0 aliphatic rings. The molecular formula is C13H13Br2N3O. The van der Waals surface area contributed by atoms with Gasteiger partial charge in [0.1, 0.15) is 22.4 Å². The van der Waals surface area contributed by atoms with E-state index in [2.05, 4.69) is 47.1 Å². The maximum absolute atomic E-state index is 5.81. The smallest absolute Gasteiger partial charge is 0.238 e. The molecular weight excluding hydrogens is 374 g/mol. The van der Waals surface area contributed by atoms with E-state index in [-0.39, 0.29) is 0 Å². The van der Waals surface area contributed by atoms with Gasteiger partial charge in [-0.1, -0.05) is 15.9 Å². The van der Waals surface area contributed by atoms with Crippen LogP contribution in [0.25, 0.3) is 0 Å². The van der Waals surface area contributed by atoms with Gasteiger partial charge in [0.05, 0.1) is 0 Å². The number of rotatable bonds is 3. The Kier molecular flexibility index (Phi) is 4.42. The lowest BCUT2D eigenvalue weighted by molar-refractivity contribution is 0.457. The molecule has 2 rings (SSSR count). The van der Waals surface area contributed by atoms with E-state index in [4.69, 9.17) is 4.74 Å². The molecule has 2 aromatic rings. The number of hydrogen-bond acceptors (Lipinski definition) is 4. The fourth-order valence-corrected chi connectivity index (χ4v) is 2.39. The number of ether oxygens (including phenoxy) is 1. The third-order valence-electron chi connectivity index (χ3n) is 2.62. The second-order valence-electron chi connectivity index (χ2n) is 4.06. The van der Waals surface area contributed by atoms with E-state index in [1.165, 1.54) is 6.33 Å². The van der Waals surface area contributed by atoms with Crippen LogP contribution in [0.4, 0.5) is 5.82 Å². The van der Waals surface area contributed by atoms with Gasteiger partial charge in [-0.2, -0.15) is 0 Å². The molecule has 0 bridgehead atoms. The summed E-state index contributed by atoms with van der Waals surface area (Å²) in [5.74, 6) is 1.93. The van der Waals surface area contributed by atoms with E-state index in [0.29, 0.717) is 16.2 Å². The fourth-order valence-electron chi connectivity index (χ4n) is 1.68. The minimum absolute atomic E-state index is 0.487. The molecule has 0 radical (unpaired) electrons. The number of benzene rings is 1. The van der Waals surface area contributed by atoms with Gasteiger partial charge in [-0.05, 0) is 53.0 Å². The van der Waals surface area contributed by atoms with Gasteiger partial charge >= 0.3 is 0 Å². The molecule has 19 heavy (non-hydrogen) atoms. The zero-order chi connectivity index (χ0) is 14.0. The number of aryl methyl sites for hydroxylation is 2. The monoisotopic (exact) mass is 385 g/mol. The maximum atomic E-state index is 5.81. The molecule has 100 valence electrons. The molecule has 4 nitrogen and oxygen atoms in total. The van der Waals surface area contributed by atoms with Gasteiger partial charge in [0.25, 0.3) is 0 Å². The van der Waals surface area contributed by atoms with Crippen LogP contribution < -0.4 is 10.1 Å². The Morgan fingerprint density at radius 2 is 1.68 bits per heavy atom. The van der Waals surface area contributed by atoms with E-state index in [0.717, 1.165) is 21.3 Å². The van der Waals surface area contributed by atoms with Crippen LogP contribution in [0.3, 0.4) is 0 Å². The van der Waals surface area contributed by atoms with Crippen LogP contribution >= 0.6 is 31.9 Å². The lowest BCUT2D eigenvalue weighted by atomic mass is 10.1. The first-order valence-electron chi connectivity index (χ1n) is 5.65. The summed E-state index contributed by atoms with van der Waals surface area (Å²) in [7, 11) is 1.80. The highest BCUT2D eigenvalue weighted by Crippen LogP contribution is 2.34. The van der Waals surface area contributed by atoms with Crippen LogP contribution in [0.15, 0.2) is 27.4 Å². The van der Waals surface area contributed by atoms with Crippen molar-refractivity contribution in [2.45, 2.75) is 13.8 Å². The van der Waals surface area contributed by atoms with Gasteiger partial charge in [-0.15, -0.1) is 0 Å². The van der Waals surface area contributed by atoms with E-state index in [1.807, 2.05) is 26.0 Å². The van der Waals surface area contributed by atoms with Gasteiger partial charge in [0, 0.05) is 11.5 Å². The molecule has 1 aromatic carbocycles. The highest BCUT2D eigenvalue weighted by Gasteiger charge is 2.11. The van der Waals surface area contributed by atoms with Gasteiger partial charge < -0.3 is 10.1 Å². The number of nitrogens with one attached hydrogen (secondary N) is 1. The molecule has 0 amide bonds. The first kappa shape index (κ1) is 14.3. The van der Waals surface area contributed by atoms with Crippen LogP contribution in [-0.4, -0.2) is 17.0 Å². The van der Waals surface area contributed by atoms with Crippen molar-refractivity contribution >= 4 is 37.7 Å². The Morgan fingerprint density at radius 1 is 1.05 bits per heavy atom. The summed E-state index contributed by atoms with van der Waals surface area (Å²) in [5, 5.41) is 2.97. The molecule has 1 N–H and O–H groups in total. The molecule has 1 aromatic heterocycles. The van der Waals surface area contributed by atoms with Crippen LogP contribution in [0.2, 0.25) is 0 Å². The number of aromatic nitrogens is 2. The second-order valence-corrected chi connectivity index (χ2v) is 5.65. The summed E-state index contributed by atoms with van der Waals surface area (Å²) in [6.07, 6.45) is 1.46. The molecule has 0 saturated carbocycles. The summed E-state index contributed by atoms with van der Waals surface area (Å²) in [5.41, 5.74) is 2.24. The third-order valence-corrected chi connectivity index (χ3v) is 4.58. The van der Waals surface area contributed by atoms with Crippen molar-refractivity contribution < 1.29 is 4.74 Å². The predicted octanol–water partition coefficient (Wildman–Crippen LogP) is 4.45. The first-order chi connectivity index (χ1) is 9.02. The number of halogens is 2. The van der Waals surface area contributed by atoms with Crippen molar-refractivity contribution in [1.82, 2.24) is 9.97 Å². The van der Waals surface area contributed by atoms with Gasteiger partial charge in [0.2, 0.25) is 5.88 Å². The Morgan fingerprint density at radius 3 is 2.26 bits per heavy atom. The average Bonchev–Trinajstić information content (AvgIpc) is 2.38. The molecule has 1 heterocycles.